The van der Waals surface area contributed by atoms with Gasteiger partial charge in [0.15, 0.2) is 0 Å². The minimum atomic E-state index is -0.248. The summed E-state index contributed by atoms with van der Waals surface area (Å²) in [5.74, 6) is -0.507. The van der Waals surface area contributed by atoms with Crippen LogP contribution in [0.4, 0.5) is 5.69 Å². The van der Waals surface area contributed by atoms with Gasteiger partial charge in [-0.2, -0.15) is 0 Å². The molecule has 146 valence electrons. The largest absolute Gasteiger partial charge is 0.329 e. The fraction of sp³-hybridized carbons (Fsp3) is 0.286. The highest BCUT2D eigenvalue weighted by atomic mass is 35.5. The lowest BCUT2D eigenvalue weighted by molar-refractivity contribution is -0.140. The Hall–Kier alpha value is -2.86. The Kier molecular flexibility index (Phi) is 6.31. The molecular weight excluding hydrogens is 378 g/mol. The number of carbonyl (C=O) groups is 3. The van der Waals surface area contributed by atoms with Gasteiger partial charge in [-0.05, 0) is 29.8 Å². The van der Waals surface area contributed by atoms with Crippen molar-refractivity contribution in [2.45, 2.75) is 19.9 Å². The van der Waals surface area contributed by atoms with E-state index in [1.165, 1.54) is 14.7 Å². The van der Waals surface area contributed by atoms with Crippen LogP contribution in [0, 0.1) is 0 Å². The van der Waals surface area contributed by atoms with E-state index in [1.807, 2.05) is 30.3 Å². The summed E-state index contributed by atoms with van der Waals surface area (Å²) in [5.41, 5.74) is 1.65. The number of hydrogen-bond acceptors (Lipinski definition) is 3. The Balaban J connectivity index is 1.67. The van der Waals surface area contributed by atoms with Crippen LogP contribution < -0.4 is 4.90 Å². The molecule has 1 heterocycles. The van der Waals surface area contributed by atoms with Gasteiger partial charge in [-0.3, -0.25) is 19.3 Å². The van der Waals surface area contributed by atoms with Gasteiger partial charge in [0.1, 0.15) is 19.8 Å². The molecule has 0 N–H and O–H groups in total. The first-order valence-electron chi connectivity index (χ1n) is 9.13. The Labute approximate surface area is 169 Å². The third-order valence-electron chi connectivity index (χ3n) is 4.63. The van der Waals surface area contributed by atoms with E-state index < -0.39 is 0 Å². The topological polar surface area (TPSA) is 60.9 Å². The summed E-state index contributed by atoms with van der Waals surface area (Å²) in [5, 5.41) is 0.581. The highest BCUT2D eigenvalue weighted by Crippen LogP contribution is 2.22. The third-order valence-corrected chi connectivity index (χ3v) is 4.88. The standard InChI is InChI=1S/C21H22ClN3O3/c1-2-19(26)23(12-16-6-4-3-5-7-16)13-20(27)24-14-21(28)25(15-24)18-10-8-17(22)9-11-18/h3-11H,2,12-15H2,1H3. The van der Waals surface area contributed by atoms with E-state index in [9.17, 15) is 14.4 Å². The monoisotopic (exact) mass is 399 g/mol. The number of nitrogens with zero attached hydrogens (tertiary/aromatic N) is 3. The highest BCUT2D eigenvalue weighted by molar-refractivity contribution is 6.30. The van der Waals surface area contributed by atoms with Crippen molar-refractivity contribution in [3.05, 3.63) is 65.2 Å². The normalized spacial score (nSPS) is 13.7. The van der Waals surface area contributed by atoms with E-state index in [2.05, 4.69) is 0 Å². The highest BCUT2D eigenvalue weighted by Gasteiger charge is 2.32. The zero-order valence-corrected chi connectivity index (χ0v) is 16.4. The number of benzene rings is 2. The quantitative estimate of drug-likeness (QED) is 0.750. The molecule has 1 aliphatic heterocycles. The van der Waals surface area contributed by atoms with E-state index in [1.54, 1.807) is 31.2 Å². The summed E-state index contributed by atoms with van der Waals surface area (Å²) in [6, 6.07) is 16.4. The predicted molar refractivity (Wildman–Crippen MR) is 108 cm³/mol. The molecule has 28 heavy (non-hydrogen) atoms. The van der Waals surface area contributed by atoms with Gasteiger partial charge in [0.2, 0.25) is 17.7 Å². The average Bonchev–Trinajstić information content (AvgIpc) is 3.10. The van der Waals surface area contributed by atoms with Crippen molar-refractivity contribution in [2.24, 2.45) is 0 Å². The number of halogens is 1. The van der Waals surface area contributed by atoms with Crippen LogP contribution in [0.3, 0.4) is 0 Å². The number of anilines is 1. The molecule has 3 rings (SSSR count). The van der Waals surface area contributed by atoms with Crippen molar-refractivity contribution in [1.29, 1.82) is 0 Å². The molecular formula is C21H22ClN3O3. The van der Waals surface area contributed by atoms with Gasteiger partial charge in [-0.1, -0.05) is 48.9 Å². The van der Waals surface area contributed by atoms with Gasteiger partial charge in [0, 0.05) is 23.7 Å². The van der Waals surface area contributed by atoms with Crippen molar-refractivity contribution < 1.29 is 14.4 Å². The maximum atomic E-state index is 12.8. The van der Waals surface area contributed by atoms with Gasteiger partial charge >= 0.3 is 0 Å². The molecule has 0 unspecified atom stereocenters. The maximum Gasteiger partial charge on any atom is 0.248 e. The van der Waals surface area contributed by atoms with Crippen LogP contribution in [0.25, 0.3) is 0 Å². The van der Waals surface area contributed by atoms with Crippen LogP contribution in [0.15, 0.2) is 54.6 Å². The maximum absolute atomic E-state index is 12.8. The molecule has 0 saturated carbocycles. The van der Waals surface area contributed by atoms with E-state index in [0.29, 0.717) is 23.7 Å². The van der Waals surface area contributed by atoms with Crippen LogP contribution >= 0.6 is 11.6 Å². The summed E-state index contributed by atoms with van der Waals surface area (Å²) in [6.45, 7) is 2.25. The van der Waals surface area contributed by atoms with Gasteiger partial charge in [0.05, 0.1) is 0 Å². The van der Waals surface area contributed by atoms with Crippen LogP contribution in [0.1, 0.15) is 18.9 Å². The molecule has 2 aromatic rings. The van der Waals surface area contributed by atoms with Crippen molar-refractivity contribution in [3.63, 3.8) is 0 Å². The number of rotatable bonds is 6. The number of amides is 3. The van der Waals surface area contributed by atoms with Crippen LogP contribution in [-0.4, -0.2) is 47.3 Å². The molecule has 1 saturated heterocycles. The fourth-order valence-electron chi connectivity index (χ4n) is 3.08. The fourth-order valence-corrected chi connectivity index (χ4v) is 3.21. The Bertz CT molecular complexity index is 855. The van der Waals surface area contributed by atoms with Crippen LogP contribution in [0.2, 0.25) is 5.02 Å². The summed E-state index contributed by atoms with van der Waals surface area (Å²) in [4.78, 5) is 42.0. The van der Waals surface area contributed by atoms with Gasteiger partial charge < -0.3 is 9.80 Å². The first kappa shape index (κ1) is 19.9. The Morgan fingerprint density at radius 2 is 1.75 bits per heavy atom. The van der Waals surface area contributed by atoms with Gasteiger partial charge in [-0.15, -0.1) is 0 Å². The van der Waals surface area contributed by atoms with E-state index >= 15 is 0 Å². The molecule has 0 bridgehead atoms. The van der Waals surface area contributed by atoms with Crippen molar-refractivity contribution >= 4 is 35.0 Å². The molecule has 0 atom stereocenters. The third kappa shape index (κ3) is 4.70. The predicted octanol–water partition coefficient (Wildman–Crippen LogP) is 2.91. The summed E-state index contributed by atoms with van der Waals surface area (Å²) < 4.78 is 0. The molecule has 0 aliphatic carbocycles. The second kappa shape index (κ2) is 8.89. The molecule has 0 radical (unpaired) electrons. The molecule has 7 heteroatoms. The first-order valence-corrected chi connectivity index (χ1v) is 9.51. The van der Waals surface area contributed by atoms with Crippen molar-refractivity contribution in [1.82, 2.24) is 9.80 Å². The zero-order valence-electron chi connectivity index (χ0n) is 15.7. The number of hydrogen-bond donors (Lipinski definition) is 0. The smallest absolute Gasteiger partial charge is 0.248 e. The summed E-state index contributed by atoms with van der Waals surface area (Å²) >= 11 is 5.90. The lowest BCUT2D eigenvalue weighted by atomic mass is 10.2. The summed E-state index contributed by atoms with van der Waals surface area (Å²) in [6.07, 6.45) is 0.315. The second-order valence-corrected chi connectivity index (χ2v) is 7.06. The molecule has 1 aliphatic rings. The van der Waals surface area contributed by atoms with E-state index in [0.717, 1.165) is 5.56 Å². The molecule has 2 aromatic carbocycles. The first-order chi connectivity index (χ1) is 13.5. The van der Waals surface area contributed by atoms with Crippen molar-refractivity contribution in [2.75, 3.05) is 24.7 Å². The van der Waals surface area contributed by atoms with Crippen molar-refractivity contribution in [3.8, 4) is 0 Å². The minimum absolute atomic E-state index is 0.000945. The molecule has 0 aromatic heterocycles. The minimum Gasteiger partial charge on any atom is -0.329 e. The van der Waals surface area contributed by atoms with Crippen LogP contribution in [-0.2, 0) is 20.9 Å². The van der Waals surface area contributed by atoms with Gasteiger partial charge in [-0.25, -0.2) is 0 Å². The van der Waals surface area contributed by atoms with E-state index in [4.69, 9.17) is 11.6 Å². The number of carbonyl (C=O) groups excluding carboxylic acids is 3. The Morgan fingerprint density at radius 1 is 1.07 bits per heavy atom. The average molecular weight is 400 g/mol. The molecule has 3 amide bonds. The molecule has 6 nitrogen and oxygen atoms in total. The zero-order chi connectivity index (χ0) is 20.1. The SMILES string of the molecule is CCC(=O)N(CC(=O)N1CC(=O)N(c2ccc(Cl)cc2)C1)Cc1ccccc1. The Morgan fingerprint density at radius 3 is 2.39 bits per heavy atom. The molecule has 0 spiro atoms. The lowest BCUT2D eigenvalue weighted by Gasteiger charge is -2.25. The summed E-state index contributed by atoms with van der Waals surface area (Å²) in [7, 11) is 0. The van der Waals surface area contributed by atoms with Gasteiger partial charge in [0.25, 0.3) is 0 Å². The van der Waals surface area contributed by atoms with E-state index in [-0.39, 0.29) is 37.5 Å². The molecule has 1 fully saturated rings. The van der Waals surface area contributed by atoms with Crippen LogP contribution in [0.5, 0.6) is 0 Å². The lowest BCUT2D eigenvalue weighted by Crippen LogP contribution is -2.42. The second-order valence-electron chi connectivity index (χ2n) is 6.62.